The second kappa shape index (κ2) is 11.5. The first-order valence-electron chi connectivity index (χ1n) is 11.0. The molecule has 0 spiro atoms. The second-order valence-electron chi connectivity index (χ2n) is 8.74. The van der Waals surface area contributed by atoms with Crippen molar-refractivity contribution in [2.24, 2.45) is 11.8 Å². The third-order valence-electron chi connectivity index (χ3n) is 5.56. The summed E-state index contributed by atoms with van der Waals surface area (Å²) in [4.78, 5) is 26.5. The largest absolute Gasteiger partial charge is 0.449 e. The molecule has 0 saturated carbocycles. The predicted octanol–water partition coefficient (Wildman–Crippen LogP) is 5.57. The number of nitrogens with one attached hydrogen (secondary N) is 1. The van der Waals surface area contributed by atoms with Crippen LogP contribution in [0.4, 0.5) is 9.18 Å². The zero-order valence-corrected chi connectivity index (χ0v) is 20.2. The van der Waals surface area contributed by atoms with E-state index >= 15 is 0 Å². The molecule has 0 aromatic heterocycles. The minimum atomic E-state index is -0.328. The molecule has 0 aliphatic carbocycles. The normalized spacial score (nSPS) is 14.5. The van der Waals surface area contributed by atoms with Gasteiger partial charge in [-0.3, -0.25) is 4.79 Å². The summed E-state index contributed by atoms with van der Waals surface area (Å²) in [5.74, 6) is 0.318. The fourth-order valence-corrected chi connectivity index (χ4v) is 4.18. The molecule has 2 aromatic rings. The molecule has 1 heterocycles. The van der Waals surface area contributed by atoms with Gasteiger partial charge in [0, 0.05) is 25.2 Å². The van der Waals surface area contributed by atoms with Crippen molar-refractivity contribution in [3.8, 4) is 0 Å². The van der Waals surface area contributed by atoms with Crippen LogP contribution in [0.3, 0.4) is 0 Å². The number of ether oxygens (including phenoxy) is 1. The average molecular weight is 505 g/mol. The van der Waals surface area contributed by atoms with Crippen molar-refractivity contribution in [3.05, 3.63) is 69.4 Å². The van der Waals surface area contributed by atoms with Crippen molar-refractivity contribution >= 4 is 27.9 Å². The number of benzene rings is 2. The molecular weight excluding hydrogens is 475 g/mol. The summed E-state index contributed by atoms with van der Waals surface area (Å²) < 4.78 is 19.1. The molecule has 0 atom stereocenters. The summed E-state index contributed by atoms with van der Waals surface area (Å²) in [6, 6.07) is 12.4. The van der Waals surface area contributed by atoms with Gasteiger partial charge in [0.25, 0.3) is 5.91 Å². The van der Waals surface area contributed by atoms with Gasteiger partial charge in [0.2, 0.25) is 0 Å². The Balaban J connectivity index is 1.49. The highest BCUT2D eigenvalue weighted by molar-refractivity contribution is 9.10. The lowest BCUT2D eigenvalue weighted by Gasteiger charge is -2.31. The van der Waals surface area contributed by atoms with Crippen LogP contribution < -0.4 is 5.32 Å². The number of halogens is 2. The molecule has 3 rings (SSSR count). The standard InChI is InChI=1S/C25H30BrFN2O3/c1-17(2)16-32-25(31)29-10-8-18(9-11-29)12-19-4-3-5-21(13-19)24(30)28-15-20-6-7-23(27)22(26)14-20/h3-7,13-14,17-18H,8-12,15-16H2,1-2H3,(H,28,30). The van der Waals surface area contributed by atoms with Gasteiger partial charge < -0.3 is 15.0 Å². The number of carbonyl (C=O) groups excluding carboxylic acids is 2. The number of nitrogens with zero attached hydrogens (tertiary/aromatic N) is 1. The maximum Gasteiger partial charge on any atom is 0.409 e. The van der Waals surface area contributed by atoms with Crippen LogP contribution in [0.1, 0.15) is 48.2 Å². The molecular formula is C25H30BrFN2O3. The first-order chi connectivity index (χ1) is 15.3. The number of rotatable bonds is 7. The highest BCUT2D eigenvalue weighted by Crippen LogP contribution is 2.23. The van der Waals surface area contributed by atoms with Crippen LogP contribution in [0, 0.1) is 17.7 Å². The molecule has 0 unspecified atom stereocenters. The fourth-order valence-electron chi connectivity index (χ4n) is 3.76. The van der Waals surface area contributed by atoms with E-state index in [1.807, 2.05) is 32.0 Å². The number of hydrogen-bond acceptors (Lipinski definition) is 3. The van der Waals surface area contributed by atoms with Gasteiger partial charge >= 0.3 is 6.09 Å². The molecule has 172 valence electrons. The van der Waals surface area contributed by atoms with Crippen molar-refractivity contribution in [1.82, 2.24) is 10.2 Å². The molecule has 1 fully saturated rings. The van der Waals surface area contributed by atoms with Crippen molar-refractivity contribution in [1.29, 1.82) is 0 Å². The molecule has 5 nitrogen and oxygen atoms in total. The lowest BCUT2D eigenvalue weighted by molar-refractivity contribution is 0.0790. The first kappa shape index (κ1) is 24.2. The zero-order chi connectivity index (χ0) is 23.1. The minimum absolute atomic E-state index is 0.157. The Bertz CT molecular complexity index is 943. The van der Waals surface area contributed by atoms with Gasteiger partial charge in [-0.25, -0.2) is 9.18 Å². The molecule has 1 aliphatic rings. The van der Waals surface area contributed by atoms with Crippen LogP contribution in [0.15, 0.2) is 46.9 Å². The summed E-state index contributed by atoms with van der Waals surface area (Å²) >= 11 is 3.16. The fraction of sp³-hybridized carbons (Fsp3) is 0.440. The van der Waals surface area contributed by atoms with E-state index in [2.05, 4.69) is 21.2 Å². The molecule has 2 amide bonds. The highest BCUT2D eigenvalue weighted by atomic mass is 79.9. The lowest BCUT2D eigenvalue weighted by atomic mass is 9.90. The minimum Gasteiger partial charge on any atom is -0.449 e. The summed E-state index contributed by atoms with van der Waals surface area (Å²) in [6.45, 7) is 6.23. The Kier molecular flexibility index (Phi) is 8.67. The van der Waals surface area contributed by atoms with Gasteiger partial charge in [-0.15, -0.1) is 0 Å². The summed E-state index contributed by atoms with van der Waals surface area (Å²) in [5, 5.41) is 2.89. The van der Waals surface area contributed by atoms with Crippen LogP contribution >= 0.6 is 15.9 Å². The Labute approximate surface area is 197 Å². The Morgan fingerprint density at radius 3 is 2.59 bits per heavy atom. The zero-order valence-electron chi connectivity index (χ0n) is 18.6. The number of piperidine rings is 1. The first-order valence-corrected chi connectivity index (χ1v) is 11.8. The topological polar surface area (TPSA) is 58.6 Å². The van der Waals surface area contributed by atoms with Crippen LogP contribution in [-0.2, 0) is 17.7 Å². The van der Waals surface area contributed by atoms with E-state index in [4.69, 9.17) is 4.74 Å². The summed E-state index contributed by atoms with van der Waals surface area (Å²) in [5.41, 5.74) is 2.54. The quantitative estimate of drug-likeness (QED) is 0.536. The third-order valence-corrected chi connectivity index (χ3v) is 6.17. The average Bonchev–Trinajstić information content (AvgIpc) is 2.78. The van der Waals surface area contributed by atoms with E-state index in [9.17, 15) is 14.0 Å². The van der Waals surface area contributed by atoms with Crippen molar-refractivity contribution in [2.75, 3.05) is 19.7 Å². The van der Waals surface area contributed by atoms with E-state index < -0.39 is 0 Å². The molecule has 0 bridgehead atoms. The maximum absolute atomic E-state index is 13.4. The van der Waals surface area contributed by atoms with Crippen LogP contribution in [0.25, 0.3) is 0 Å². The van der Waals surface area contributed by atoms with Crippen LogP contribution in [-0.4, -0.2) is 36.6 Å². The van der Waals surface area contributed by atoms with E-state index in [0.29, 0.717) is 48.1 Å². The SMILES string of the molecule is CC(C)COC(=O)N1CCC(Cc2cccc(C(=O)NCc3ccc(F)c(Br)c3)c2)CC1. The van der Waals surface area contributed by atoms with Crippen molar-refractivity contribution in [2.45, 2.75) is 39.7 Å². The maximum atomic E-state index is 13.4. The highest BCUT2D eigenvalue weighted by Gasteiger charge is 2.24. The predicted molar refractivity (Wildman–Crippen MR) is 126 cm³/mol. The summed E-state index contributed by atoms with van der Waals surface area (Å²) in [6.07, 6.45) is 2.50. The van der Waals surface area contributed by atoms with Gasteiger partial charge in [0.05, 0.1) is 11.1 Å². The Morgan fingerprint density at radius 1 is 1.16 bits per heavy atom. The molecule has 1 N–H and O–H groups in total. The van der Waals surface area contributed by atoms with Crippen LogP contribution in [0.5, 0.6) is 0 Å². The molecule has 32 heavy (non-hydrogen) atoms. The molecule has 1 saturated heterocycles. The van der Waals surface area contributed by atoms with E-state index in [-0.39, 0.29) is 17.8 Å². The molecule has 2 aromatic carbocycles. The van der Waals surface area contributed by atoms with Crippen LogP contribution in [0.2, 0.25) is 0 Å². The van der Waals surface area contributed by atoms with Crippen molar-refractivity contribution in [3.63, 3.8) is 0 Å². The number of likely N-dealkylation sites (tertiary alicyclic amines) is 1. The molecule has 0 radical (unpaired) electrons. The van der Waals surface area contributed by atoms with Gasteiger partial charge in [-0.2, -0.15) is 0 Å². The smallest absolute Gasteiger partial charge is 0.409 e. The van der Waals surface area contributed by atoms with Gasteiger partial charge in [-0.05, 0) is 82.4 Å². The second-order valence-corrected chi connectivity index (χ2v) is 9.59. The number of hydrogen-bond donors (Lipinski definition) is 1. The van der Waals surface area contributed by atoms with E-state index in [0.717, 1.165) is 30.4 Å². The molecule has 7 heteroatoms. The van der Waals surface area contributed by atoms with Gasteiger partial charge in [0.15, 0.2) is 0 Å². The van der Waals surface area contributed by atoms with E-state index in [1.54, 1.807) is 23.1 Å². The van der Waals surface area contributed by atoms with Gasteiger partial charge in [0.1, 0.15) is 5.82 Å². The third kappa shape index (κ3) is 7.05. The summed E-state index contributed by atoms with van der Waals surface area (Å²) in [7, 11) is 0. The van der Waals surface area contributed by atoms with Gasteiger partial charge in [-0.1, -0.05) is 32.0 Å². The number of carbonyl (C=O) groups is 2. The number of amides is 2. The monoisotopic (exact) mass is 504 g/mol. The Hall–Kier alpha value is -2.41. The Morgan fingerprint density at radius 2 is 1.91 bits per heavy atom. The van der Waals surface area contributed by atoms with Crippen molar-refractivity contribution < 1.29 is 18.7 Å². The van der Waals surface area contributed by atoms with E-state index in [1.165, 1.54) is 6.07 Å². The lowest BCUT2D eigenvalue weighted by Crippen LogP contribution is -2.39. The molecule has 1 aliphatic heterocycles.